The molecule has 0 aliphatic heterocycles. The second-order valence-electron chi connectivity index (χ2n) is 5.18. The molecule has 21 heavy (non-hydrogen) atoms. The number of rotatable bonds is 4. The SMILES string of the molecule is NC1(CNS(=O)(=O)c2ccc(Cl)cc2C(F)(F)F)CCC1. The van der Waals surface area contributed by atoms with E-state index in [9.17, 15) is 21.6 Å². The van der Waals surface area contributed by atoms with Gasteiger partial charge in [-0.05, 0) is 37.5 Å². The lowest BCUT2D eigenvalue weighted by Gasteiger charge is -2.38. The second-order valence-corrected chi connectivity index (χ2v) is 7.35. The molecule has 0 spiro atoms. The van der Waals surface area contributed by atoms with Crippen molar-refractivity contribution in [3.05, 3.63) is 28.8 Å². The molecule has 1 aliphatic rings. The fraction of sp³-hybridized carbons (Fsp3) is 0.500. The lowest BCUT2D eigenvalue weighted by molar-refractivity contribution is -0.139. The molecule has 1 aromatic rings. The minimum Gasteiger partial charge on any atom is -0.324 e. The molecule has 4 nitrogen and oxygen atoms in total. The van der Waals surface area contributed by atoms with Gasteiger partial charge in [0, 0.05) is 17.1 Å². The van der Waals surface area contributed by atoms with Gasteiger partial charge in [-0.15, -0.1) is 0 Å². The van der Waals surface area contributed by atoms with Crippen LogP contribution >= 0.6 is 11.6 Å². The van der Waals surface area contributed by atoms with E-state index in [1.807, 2.05) is 0 Å². The third-order valence-corrected chi connectivity index (χ3v) is 5.19. The van der Waals surface area contributed by atoms with Crippen LogP contribution in [0.2, 0.25) is 5.02 Å². The molecular formula is C12H14ClF3N2O2S. The number of nitrogens with two attached hydrogens (primary N) is 1. The van der Waals surface area contributed by atoms with E-state index in [-0.39, 0.29) is 11.6 Å². The Bertz CT molecular complexity index is 642. The predicted octanol–water partition coefficient (Wildman–Crippen LogP) is 2.52. The number of sulfonamides is 1. The van der Waals surface area contributed by atoms with Gasteiger partial charge in [0.25, 0.3) is 0 Å². The van der Waals surface area contributed by atoms with Crippen molar-refractivity contribution in [3.63, 3.8) is 0 Å². The number of alkyl halides is 3. The maximum Gasteiger partial charge on any atom is 0.417 e. The van der Waals surface area contributed by atoms with Crippen molar-refractivity contribution in [3.8, 4) is 0 Å². The quantitative estimate of drug-likeness (QED) is 0.883. The van der Waals surface area contributed by atoms with E-state index in [2.05, 4.69) is 4.72 Å². The first kappa shape index (κ1) is 16.5. The van der Waals surface area contributed by atoms with Gasteiger partial charge in [-0.3, -0.25) is 0 Å². The summed E-state index contributed by atoms with van der Waals surface area (Å²) in [6, 6.07) is 2.54. The Kier molecular flexibility index (Phi) is 4.27. The molecule has 1 aliphatic carbocycles. The van der Waals surface area contributed by atoms with Gasteiger partial charge in [0.05, 0.1) is 10.5 Å². The van der Waals surface area contributed by atoms with E-state index in [4.69, 9.17) is 17.3 Å². The van der Waals surface area contributed by atoms with Crippen LogP contribution < -0.4 is 10.5 Å². The van der Waals surface area contributed by atoms with Gasteiger partial charge < -0.3 is 5.73 Å². The zero-order chi connectivity index (χ0) is 15.9. The molecule has 118 valence electrons. The molecule has 0 amide bonds. The second kappa shape index (κ2) is 5.42. The van der Waals surface area contributed by atoms with E-state index < -0.39 is 32.2 Å². The molecule has 1 fully saturated rings. The summed E-state index contributed by atoms with van der Waals surface area (Å²) in [5.41, 5.74) is 3.91. The Morgan fingerprint density at radius 3 is 2.43 bits per heavy atom. The first-order valence-corrected chi connectivity index (χ1v) is 8.05. The normalized spacial score (nSPS) is 18.3. The minimum atomic E-state index is -4.81. The van der Waals surface area contributed by atoms with E-state index in [1.165, 1.54) is 0 Å². The van der Waals surface area contributed by atoms with E-state index >= 15 is 0 Å². The number of nitrogens with one attached hydrogen (secondary N) is 1. The maximum atomic E-state index is 12.9. The Labute approximate surface area is 125 Å². The summed E-state index contributed by atoms with van der Waals surface area (Å²) in [4.78, 5) is -0.845. The highest BCUT2D eigenvalue weighted by Gasteiger charge is 2.39. The van der Waals surface area contributed by atoms with Gasteiger partial charge in [-0.1, -0.05) is 11.6 Å². The van der Waals surface area contributed by atoms with Crippen LogP contribution in [-0.4, -0.2) is 20.5 Å². The van der Waals surface area contributed by atoms with Crippen LogP contribution in [0.15, 0.2) is 23.1 Å². The Morgan fingerprint density at radius 1 is 1.33 bits per heavy atom. The molecule has 0 aromatic heterocycles. The first-order chi connectivity index (χ1) is 9.54. The molecule has 9 heteroatoms. The number of hydrogen-bond donors (Lipinski definition) is 2. The van der Waals surface area contributed by atoms with Crippen molar-refractivity contribution in [2.45, 2.75) is 35.9 Å². The van der Waals surface area contributed by atoms with Crippen molar-refractivity contribution in [2.24, 2.45) is 5.73 Å². The zero-order valence-electron chi connectivity index (χ0n) is 10.9. The van der Waals surface area contributed by atoms with E-state index in [0.29, 0.717) is 18.9 Å². The molecule has 0 saturated heterocycles. The third kappa shape index (κ3) is 3.68. The highest BCUT2D eigenvalue weighted by Crippen LogP contribution is 2.36. The summed E-state index contributed by atoms with van der Waals surface area (Å²) < 4.78 is 65.1. The van der Waals surface area contributed by atoms with Crippen LogP contribution in [0.4, 0.5) is 13.2 Å². The summed E-state index contributed by atoms with van der Waals surface area (Å²) in [7, 11) is -4.31. The van der Waals surface area contributed by atoms with E-state index in [1.54, 1.807) is 0 Å². The zero-order valence-corrected chi connectivity index (χ0v) is 12.4. The van der Waals surface area contributed by atoms with Crippen molar-refractivity contribution in [1.82, 2.24) is 4.72 Å². The van der Waals surface area contributed by atoms with Crippen molar-refractivity contribution in [2.75, 3.05) is 6.54 Å². The number of benzene rings is 1. The summed E-state index contributed by atoms with van der Waals surface area (Å²) >= 11 is 5.52. The smallest absolute Gasteiger partial charge is 0.324 e. The van der Waals surface area contributed by atoms with Crippen molar-refractivity contribution < 1.29 is 21.6 Å². The lowest BCUT2D eigenvalue weighted by atomic mass is 9.78. The average molecular weight is 343 g/mol. The van der Waals surface area contributed by atoms with Gasteiger partial charge in [0.2, 0.25) is 10.0 Å². The molecule has 0 heterocycles. The third-order valence-electron chi connectivity index (χ3n) is 3.50. The topological polar surface area (TPSA) is 72.2 Å². The molecule has 2 rings (SSSR count). The predicted molar refractivity (Wildman–Crippen MR) is 72.4 cm³/mol. The largest absolute Gasteiger partial charge is 0.417 e. The summed E-state index contributed by atoms with van der Waals surface area (Å²) in [6.07, 6.45) is -2.65. The van der Waals surface area contributed by atoms with Crippen molar-refractivity contribution >= 4 is 21.6 Å². The number of halogens is 4. The number of hydrogen-bond acceptors (Lipinski definition) is 3. The summed E-state index contributed by atoms with van der Waals surface area (Å²) in [5.74, 6) is 0. The van der Waals surface area contributed by atoms with E-state index in [0.717, 1.165) is 18.6 Å². The molecule has 0 bridgehead atoms. The van der Waals surface area contributed by atoms with Gasteiger partial charge in [-0.25, -0.2) is 13.1 Å². The van der Waals surface area contributed by atoms with Gasteiger partial charge >= 0.3 is 6.18 Å². The highest BCUT2D eigenvalue weighted by atomic mass is 35.5. The Hall–Kier alpha value is -0.830. The minimum absolute atomic E-state index is 0.0880. The molecular weight excluding hydrogens is 329 g/mol. The summed E-state index contributed by atoms with van der Waals surface area (Å²) in [6.45, 7) is -0.0880. The standard InChI is InChI=1S/C12H14ClF3N2O2S/c13-8-2-3-10(9(6-8)12(14,15)16)21(19,20)18-7-11(17)4-1-5-11/h2-3,6,18H,1,4-5,7,17H2. The molecule has 1 aromatic carbocycles. The Balaban J connectivity index is 2.31. The Morgan fingerprint density at radius 2 is 1.95 bits per heavy atom. The first-order valence-electron chi connectivity index (χ1n) is 6.19. The molecule has 0 atom stereocenters. The van der Waals surface area contributed by atoms with Gasteiger partial charge in [0.15, 0.2) is 0 Å². The molecule has 0 unspecified atom stereocenters. The maximum absolute atomic E-state index is 12.9. The van der Waals surface area contributed by atoms with Crippen LogP contribution in [0.25, 0.3) is 0 Å². The highest BCUT2D eigenvalue weighted by molar-refractivity contribution is 7.89. The van der Waals surface area contributed by atoms with Crippen LogP contribution in [0.5, 0.6) is 0 Å². The summed E-state index contributed by atoms with van der Waals surface area (Å²) in [5, 5.41) is -0.185. The van der Waals surface area contributed by atoms with Crippen LogP contribution in [0.1, 0.15) is 24.8 Å². The van der Waals surface area contributed by atoms with Crippen LogP contribution in [0, 0.1) is 0 Å². The monoisotopic (exact) mass is 342 g/mol. The molecule has 0 radical (unpaired) electrons. The van der Waals surface area contributed by atoms with Gasteiger partial charge in [0.1, 0.15) is 0 Å². The van der Waals surface area contributed by atoms with Crippen LogP contribution in [-0.2, 0) is 16.2 Å². The van der Waals surface area contributed by atoms with Crippen molar-refractivity contribution in [1.29, 1.82) is 0 Å². The van der Waals surface area contributed by atoms with Gasteiger partial charge in [-0.2, -0.15) is 13.2 Å². The fourth-order valence-corrected chi connectivity index (χ4v) is 3.60. The molecule has 1 saturated carbocycles. The lowest BCUT2D eigenvalue weighted by Crippen LogP contribution is -2.54. The molecule has 3 N–H and O–H groups in total. The van der Waals surface area contributed by atoms with Crippen LogP contribution in [0.3, 0.4) is 0 Å². The average Bonchev–Trinajstić information content (AvgIpc) is 2.33. The fourth-order valence-electron chi connectivity index (χ4n) is 2.08.